The maximum absolute atomic E-state index is 6.04. The molecule has 1 unspecified atom stereocenters. The van der Waals surface area contributed by atoms with E-state index in [1.165, 1.54) is 0 Å². The van der Waals surface area contributed by atoms with Crippen LogP contribution in [0.25, 0.3) is 22.6 Å². The van der Waals surface area contributed by atoms with Crippen LogP contribution in [0.4, 0.5) is 0 Å². The number of rotatable bonds is 6. The fraction of sp³-hybridized carbons (Fsp3) is 0.360. The summed E-state index contributed by atoms with van der Waals surface area (Å²) in [7, 11) is 3.25. The van der Waals surface area contributed by atoms with Crippen molar-refractivity contribution in [3.8, 4) is 23.0 Å². The van der Waals surface area contributed by atoms with Crippen LogP contribution < -0.4 is 9.47 Å². The molecule has 1 aliphatic heterocycles. The van der Waals surface area contributed by atoms with Crippen molar-refractivity contribution < 1.29 is 18.3 Å². The van der Waals surface area contributed by atoms with Crippen LogP contribution in [-0.2, 0) is 6.54 Å². The highest BCUT2D eigenvalue weighted by atomic mass is 16.5. The minimum absolute atomic E-state index is 0.279. The average Bonchev–Trinajstić information content (AvgIpc) is 3.42. The second-order valence-electron chi connectivity index (χ2n) is 8.16. The van der Waals surface area contributed by atoms with E-state index in [1.54, 1.807) is 14.2 Å². The minimum atomic E-state index is 0.279. The summed E-state index contributed by atoms with van der Waals surface area (Å²) < 4.78 is 23.0. The van der Waals surface area contributed by atoms with Crippen molar-refractivity contribution in [3.63, 3.8) is 0 Å². The van der Waals surface area contributed by atoms with E-state index < -0.39 is 0 Å². The summed E-state index contributed by atoms with van der Waals surface area (Å²) in [6, 6.07) is 13.6. The summed E-state index contributed by atoms with van der Waals surface area (Å²) in [6.45, 7) is 4.58. The largest absolute Gasteiger partial charge is 0.493 e. The molecule has 3 heterocycles. The second kappa shape index (κ2) is 8.67. The molecule has 1 aliphatic rings. The van der Waals surface area contributed by atoms with Gasteiger partial charge in [-0.1, -0.05) is 18.2 Å². The van der Waals surface area contributed by atoms with Gasteiger partial charge in [-0.15, -0.1) is 0 Å². The number of nitrogens with zero attached hydrogens (tertiary/aromatic N) is 3. The fourth-order valence-electron chi connectivity index (χ4n) is 4.42. The number of fused-ring (bicyclic) bond motifs is 1. The molecule has 0 N–H and O–H groups in total. The third kappa shape index (κ3) is 3.84. The van der Waals surface area contributed by atoms with Gasteiger partial charge in [-0.25, -0.2) is 9.97 Å². The van der Waals surface area contributed by atoms with Gasteiger partial charge in [0.25, 0.3) is 0 Å². The number of likely N-dealkylation sites (tertiary alicyclic amines) is 1. The normalized spacial score (nSPS) is 17.0. The molecule has 4 aromatic rings. The maximum atomic E-state index is 6.04. The van der Waals surface area contributed by atoms with Gasteiger partial charge in [0, 0.05) is 19.0 Å². The highest BCUT2D eigenvalue weighted by Crippen LogP contribution is 2.38. The van der Waals surface area contributed by atoms with Crippen molar-refractivity contribution in [1.82, 2.24) is 14.9 Å². The molecule has 0 saturated carbocycles. The van der Waals surface area contributed by atoms with Gasteiger partial charge in [-0.05, 0) is 50.6 Å². The molecule has 0 radical (unpaired) electrons. The average molecular weight is 434 g/mol. The lowest BCUT2D eigenvalue weighted by Crippen LogP contribution is -2.34. The molecule has 0 aliphatic carbocycles. The van der Waals surface area contributed by atoms with Gasteiger partial charge in [0.15, 0.2) is 23.0 Å². The summed E-state index contributed by atoms with van der Waals surface area (Å²) in [6.07, 6.45) is 2.17. The SMILES string of the molecule is COc1cccc(-c2nc(CN3CCCC(c4nc5ccccc5o4)C3)c(C)o2)c1OC. The quantitative estimate of drug-likeness (QED) is 0.414. The lowest BCUT2D eigenvalue weighted by Gasteiger charge is -2.30. The molecule has 2 aromatic carbocycles. The van der Waals surface area contributed by atoms with E-state index in [1.807, 2.05) is 49.4 Å². The number of piperidine rings is 1. The molecule has 1 fully saturated rings. The van der Waals surface area contributed by atoms with Crippen LogP contribution >= 0.6 is 0 Å². The molecule has 7 nitrogen and oxygen atoms in total. The molecule has 0 bridgehead atoms. The van der Waals surface area contributed by atoms with Gasteiger partial charge < -0.3 is 18.3 Å². The van der Waals surface area contributed by atoms with Crippen LogP contribution in [-0.4, -0.2) is 42.2 Å². The lowest BCUT2D eigenvalue weighted by molar-refractivity contribution is 0.185. The van der Waals surface area contributed by atoms with E-state index in [0.29, 0.717) is 17.4 Å². The number of aryl methyl sites for hydroxylation is 1. The van der Waals surface area contributed by atoms with E-state index in [-0.39, 0.29) is 5.92 Å². The number of hydrogen-bond donors (Lipinski definition) is 0. The number of aromatic nitrogens is 2. The first-order valence-electron chi connectivity index (χ1n) is 10.9. The van der Waals surface area contributed by atoms with E-state index in [9.17, 15) is 0 Å². The van der Waals surface area contributed by atoms with Crippen molar-refractivity contribution >= 4 is 11.1 Å². The minimum Gasteiger partial charge on any atom is -0.493 e. The zero-order valence-electron chi connectivity index (χ0n) is 18.6. The van der Waals surface area contributed by atoms with Gasteiger partial charge >= 0.3 is 0 Å². The summed E-state index contributed by atoms with van der Waals surface area (Å²) in [4.78, 5) is 11.9. The van der Waals surface area contributed by atoms with E-state index in [4.69, 9.17) is 28.3 Å². The highest BCUT2D eigenvalue weighted by molar-refractivity contribution is 5.72. The summed E-state index contributed by atoms with van der Waals surface area (Å²) in [5.74, 6) is 3.74. The maximum Gasteiger partial charge on any atom is 0.230 e. The predicted octanol–water partition coefficient (Wildman–Crippen LogP) is 5.19. The summed E-state index contributed by atoms with van der Waals surface area (Å²) >= 11 is 0. The van der Waals surface area contributed by atoms with Gasteiger partial charge in [0.2, 0.25) is 5.89 Å². The van der Waals surface area contributed by atoms with E-state index in [2.05, 4.69) is 4.90 Å². The zero-order valence-corrected chi connectivity index (χ0v) is 18.6. The van der Waals surface area contributed by atoms with E-state index >= 15 is 0 Å². The number of ether oxygens (including phenoxy) is 2. The third-order valence-corrected chi connectivity index (χ3v) is 6.06. The third-order valence-electron chi connectivity index (χ3n) is 6.06. The molecule has 5 rings (SSSR count). The molecule has 7 heteroatoms. The first kappa shape index (κ1) is 20.6. The molecule has 2 aromatic heterocycles. The second-order valence-corrected chi connectivity index (χ2v) is 8.16. The summed E-state index contributed by atoms with van der Waals surface area (Å²) in [5, 5.41) is 0. The highest BCUT2D eigenvalue weighted by Gasteiger charge is 2.27. The van der Waals surface area contributed by atoms with Crippen LogP contribution in [0.1, 0.15) is 36.1 Å². The standard InChI is InChI=1S/C25H27N3O4/c1-16-20(27-25(31-16)18-9-6-12-22(29-2)23(18)30-3)15-28-13-7-8-17(14-28)24-26-19-10-4-5-11-21(19)32-24/h4-6,9-12,17H,7-8,13-15H2,1-3H3. The van der Waals surface area contributed by atoms with E-state index in [0.717, 1.165) is 66.5 Å². The molecular weight excluding hydrogens is 406 g/mol. The monoisotopic (exact) mass is 433 g/mol. The van der Waals surface area contributed by atoms with Gasteiger partial charge in [-0.3, -0.25) is 4.90 Å². The molecule has 32 heavy (non-hydrogen) atoms. The Morgan fingerprint density at radius 3 is 2.72 bits per heavy atom. The van der Waals surface area contributed by atoms with Crippen LogP contribution in [0, 0.1) is 6.92 Å². The van der Waals surface area contributed by atoms with Gasteiger partial charge in [0.05, 0.1) is 25.5 Å². The van der Waals surface area contributed by atoms with Crippen molar-refractivity contribution in [2.75, 3.05) is 27.3 Å². The first-order chi connectivity index (χ1) is 15.7. The number of oxazole rings is 2. The van der Waals surface area contributed by atoms with Crippen molar-refractivity contribution in [2.45, 2.75) is 32.2 Å². The number of methoxy groups -OCH3 is 2. The fourth-order valence-corrected chi connectivity index (χ4v) is 4.42. The first-order valence-corrected chi connectivity index (χ1v) is 10.9. The van der Waals surface area contributed by atoms with Gasteiger partial charge in [0.1, 0.15) is 11.3 Å². The topological polar surface area (TPSA) is 73.8 Å². The Labute approximate surface area is 187 Å². The Morgan fingerprint density at radius 2 is 1.91 bits per heavy atom. The van der Waals surface area contributed by atoms with Crippen LogP contribution in [0.5, 0.6) is 11.5 Å². The predicted molar refractivity (Wildman–Crippen MR) is 121 cm³/mol. The Hall–Kier alpha value is -3.32. The molecule has 1 saturated heterocycles. The number of para-hydroxylation sites is 3. The molecule has 1 atom stereocenters. The Bertz CT molecular complexity index is 1200. The number of hydrogen-bond acceptors (Lipinski definition) is 7. The van der Waals surface area contributed by atoms with Crippen molar-refractivity contribution in [1.29, 1.82) is 0 Å². The van der Waals surface area contributed by atoms with Crippen LogP contribution in [0.3, 0.4) is 0 Å². The Kier molecular flexibility index (Phi) is 5.57. The molecule has 166 valence electrons. The Morgan fingerprint density at radius 1 is 1.03 bits per heavy atom. The van der Waals surface area contributed by atoms with Gasteiger partial charge in [-0.2, -0.15) is 0 Å². The molecular formula is C25H27N3O4. The Balaban J connectivity index is 1.35. The van der Waals surface area contributed by atoms with Crippen molar-refractivity contribution in [2.24, 2.45) is 0 Å². The van der Waals surface area contributed by atoms with Crippen molar-refractivity contribution in [3.05, 3.63) is 59.8 Å². The van der Waals surface area contributed by atoms with Crippen LogP contribution in [0.2, 0.25) is 0 Å². The zero-order chi connectivity index (χ0) is 22.1. The lowest BCUT2D eigenvalue weighted by atomic mass is 9.98. The molecule has 0 spiro atoms. The summed E-state index contributed by atoms with van der Waals surface area (Å²) in [5.41, 5.74) is 3.49. The molecule has 0 amide bonds. The number of benzene rings is 2. The van der Waals surface area contributed by atoms with Crippen LogP contribution in [0.15, 0.2) is 51.3 Å². The smallest absolute Gasteiger partial charge is 0.230 e.